The number of rotatable bonds is 4. The van der Waals surface area contributed by atoms with Gasteiger partial charge >= 0.3 is 0 Å². The molecule has 0 radical (unpaired) electrons. The Morgan fingerprint density at radius 1 is 1.73 bits per heavy atom. The fourth-order valence-electron chi connectivity index (χ4n) is 0.516. The summed E-state index contributed by atoms with van der Waals surface area (Å²) < 4.78 is 5.06. The van der Waals surface area contributed by atoms with Crippen LogP contribution >= 0.6 is 11.8 Å². The molecule has 0 aromatic carbocycles. The lowest BCUT2D eigenvalue weighted by Gasteiger charge is -2.07. The number of hydrogen-bond acceptors (Lipinski definition) is 4. The van der Waals surface area contributed by atoms with E-state index >= 15 is 0 Å². The van der Waals surface area contributed by atoms with Gasteiger partial charge in [-0.25, -0.2) is 0 Å². The average molecular weight is 176 g/mol. The van der Waals surface area contributed by atoms with Gasteiger partial charge < -0.3 is 10.1 Å². The molecule has 0 amide bonds. The molecule has 0 rings (SSSR count). The molecule has 0 aliphatic carbocycles. The summed E-state index contributed by atoms with van der Waals surface area (Å²) in [6.07, 6.45) is 0. The third-order valence-corrected chi connectivity index (χ3v) is 2.12. The molecule has 0 saturated carbocycles. The van der Waals surface area contributed by atoms with Crippen LogP contribution in [0.3, 0.4) is 0 Å². The Morgan fingerprint density at radius 2 is 2.36 bits per heavy atom. The van der Waals surface area contributed by atoms with Gasteiger partial charge in [0.2, 0.25) is 0 Å². The molecule has 4 heteroatoms. The maximum Gasteiger partial charge on any atom is 0.105 e. The zero-order chi connectivity index (χ0) is 8.69. The maximum absolute atomic E-state index is 5.06. The fraction of sp³-hybridized carbons (Fsp3) is 0.857. The van der Waals surface area contributed by atoms with E-state index in [0.29, 0.717) is 6.67 Å². The molecule has 11 heavy (non-hydrogen) atoms. The molecule has 0 aromatic heterocycles. The molecule has 0 saturated heterocycles. The SMILES string of the molecule is CNC/N=C(/C)SC(C)OC. The van der Waals surface area contributed by atoms with Gasteiger partial charge in [-0.15, -0.1) is 0 Å². The van der Waals surface area contributed by atoms with Crippen molar-refractivity contribution in [1.29, 1.82) is 0 Å². The highest BCUT2D eigenvalue weighted by atomic mass is 32.2. The largest absolute Gasteiger partial charge is 0.371 e. The van der Waals surface area contributed by atoms with Gasteiger partial charge in [0, 0.05) is 7.11 Å². The van der Waals surface area contributed by atoms with Crippen LogP contribution in [0.4, 0.5) is 0 Å². The van der Waals surface area contributed by atoms with E-state index in [4.69, 9.17) is 4.74 Å². The zero-order valence-corrected chi connectivity index (χ0v) is 8.36. The van der Waals surface area contributed by atoms with Crippen molar-refractivity contribution in [2.45, 2.75) is 19.3 Å². The van der Waals surface area contributed by atoms with Gasteiger partial charge in [-0.1, -0.05) is 11.8 Å². The normalized spacial score (nSPS) is 15.1. The van der Waals surface area contributed by atoms with Gasteiger partial charge in [-0.05, 0) is 20.9 Å². The van der Waals surface area contributed by atoms with Crippen LogP contribution in [0.15, 0.2) is 4.99 Å². The van der Waals surface area contributed by atoms with Gasteiger partial charge in [0.15, 0.2) is 0 Å². The van der Waals surface area contributed by atoms with E-state index in [0.717, 1.165) is 5.04 Å². The molecule has 1 atom stereocenters. The van der Waals surface area contributed by atoms with E-state index in [9.17, 15) is 0 Å². The van der Waals surface area contributed by atoms with Gasteiger partial charge in [-0.2, -0.15) is 0 Å². The van der Waals surface area contributed by atoms with Crippen molar-refractivity contribution in [2.24, 2.45) is 4.99 Å². The highest BCUT2D eigenvalue weighted by Crippen LogP contribution is 2.12. The average Bonchev–Trinajstić information content (AvgIpc) is 2.00. The second-order valence-electron chi connectivity index (χ2n) is 2.11. The minimum absolute atomic E-state index is 0.190. The van der Waals surface area contributed by atoms with Crippen molar-refractivity contribution in [3.8, 4) is 0 Å². The second kappa shape index (κ2) is 6.64. The summed E-state index contributed by atoms with van der Waals surface area (Å²) in [4.78, 5) is 4.22. The molecule has 0 aliphatic heterocycles. The van der Waals surface area contributed by atoms with E-state index in [1.54, 1.807) is 18.9 Å². The second-order valence-corrected chi connectivity index (χ2v) is 3.60. The third kappa shape index (κ3) is 6.34. The summed E-state index contributed by atoms with van der Waals surface area (Å²) in [7, 11) is 3.57. The number of nitrogens with zero attached hydrogens (tertiary/aromatic N) is 1. The van der Waals surface area contributed by atoms with E-state index in [1.165, 1.54) is 0 Å². The molecular formula is C7H16N2OS. The van der Waals surface area contributed by atoms with Gasteiger partial charge in [0.1, 0.15) is 5.44 Å². The minimum atomic E-state index is 0.190. The highest BCUT2D eigenvalue weighted by molar-refractivity contribution is 8.14. The first-order valence-corrected chi connectivity index (χ1v) is 4.43. The Bertz CT molecular complexity index is 128. The number of ether oxygens (including phenoxy) is 1. The van der Waals surface area contributed by atoms with Crippen LogP contribution in [0.5, 0.6) is 0 Å². The Morgan fingerprint density at radius 3 is 2.82 bits per heavy atom. The van der Waals surface area contributed by atoms with Crippen LogP contribution in [0.2, 0.25) is 0 Å². The van der Waals surface area contributed by atoms with Crippen LogP contribution in [-0.2, 0) is 4.74 Å². The third-order valence-electron chi connectivity index (χ3n) is 1.13. The number of nitrogens with one attached hydrogen (secondary N) is 1. The van der Waals surface area contributed by atoms with Crippen LogP contribution < -0.4 is 5.32 Å². The first-order chi connectivity index (χ1) is 5.20. The van der Waals surface area contributed by atoms with Gasteiger partial charge in [0.25, 0.3) is 0 Å². The lowest BCUT2D eigenvalue weighted by atomic mass is 10.8. The minimum Gasteiger partial charge on any atom is -0.371 e. The molecule has 0 bridgehead atoms. The lowest BCUT2D eigenvalue weighted by Crippen LogP contribution is -2.08. The zero-order valence-electron chi connectivity index (χ0n) is 7.55. The molecule has 3 nitrogen and oxygen atoms in total. The van der Waals surface area contributed by atoms with E-state index < -0.39 is 0 Å². The van der Waals surface area contributed by atoms with Crippen LogP contribution in [0, 0.1) is 0 Å². The number of thioether (sulfide) groups is 1. The quantitative estimate of drug-likeness (QED) is 0.398. The molecule has 0 fully saturated rings. The first kappa shape index (κ1) is 10.9. The molecular weight excluding hydrogens is 160 g/mol. The summed E-state index contributed by atoms with van der Waals surface area (Å²) in [6.45, 7) is 4.66. The predicted octanol–water partition coefficient (Wildman–Crippen LogP) is 1.31. The van der Waals surface area contributed by atoms with E-state index in [-0.39, 0.29) is 5.44 Å². The van der Waals surface area contributed by atoms with Crippen LogP contribution in [0.25, 0.3) is 0 Å². The number of aliphatic imine (C=N–C) groups is 1. The Hall–Kier alpha value is -0.0600. The van der Waals surface area contributed by atoms with Crippen molar-refractivity contribution in [3.05, 3.63) is 0 Å². The molecule has 0 spiro atoms. The smallest absolute Gasteiger partial charge is 0.105 e. The van der Waals surface area contributed by atoms with Crippen molar-refractivity contribution in [2.75, 3.05) is 20.8 Å². The monoisotopic (exact) mass is 176 g/mol. The van der Waals surface area contributed by atoms with Crippen molar-refractivity contribution in [1.82, 2.24) is 5.32 Å². The summed E-state index contributed by atoms with van der Waals surface area (Å²) in [5, 5.41) is 4.00. The highest BCUT2D eigenvalue weighted by Gasteiger charge is 2.00. The van der Waals surface area contributed by atoms with E-state index in [1.807, 2.05) is 20.9 Å². The molecule has 0 heterocycles. The first-order valence-electron chi connectivity index (χ1n) is 3.55. The van der Waals surface area contributed by atoms with Crippen molar-refractivity contribution >= 4 is 16.8 Å². The van der Waals surface area contributed by atoms with Crippen LogP contribution in [0.1, 0.15) is 13.8 Å². The predicted molar refractivity (Wildman–Crippen MR) is 51.1 cm³/mol. The Kier molecular flexibility index (Phi) is 6.60. The maximum atomic E-state index is 5.06. The number of methoxy groups -OCH3 is 1. The lowest BCUT2D eigenvalue weighted by molar-refractivity contribution is 0.188. The Balaban J connectivity index is 3.57. The van der Waals surface area contributed by atoms with Crippen LogP contribution in [-0.4, -0.2) is 31.3 Å². The molecule has 0 aliphatic rings. The summed E-state index contributed by atoms with van der Waals surface area (Å²) in [5.74, 6) is 0. The van der Waals surface area contributed by atoms with Gasteiger partial charge in [0.05, 0.1) is 11.7 Å². The standard InChI is InChI=1S/C7H16N2OS/c1-6(9-5-8-3)11-7(2)10-4/h7-8H,5H2,1-4H3/b9-6-. The van der Waals surface area contributed by atoms with Crippen molar-refractivity contribution in [3.63, 3.8) is 0 Å². The fourth-order valence-corrected chi connectivity index (χ4v) is 1.23. The van der Waals surface area contributed by atoms with Gasteiger partial charge in [-0.3, -0.25) is 4.99 Å². The summed E-state index contributed by atoms with van der Waals surface area (Å²) >= 11 is 1.63. The molecule has 66 valence electrons. The Labute approximate surface area is 72.6 Å². The number of hydrogen-bond donors (Lipinski definition) is 1. The molecule has 0 aromatic rings. The molecule has 1 N–H and O–H groups in total. The summed E-state index contributed by atoms with van der Waals surface area (Å²) in [5.41, 5.74) is 0.190. The molecule has 1 unspecified atom stereocenters. The summed E-state index contributed by atoms with van der Waals surface area (Å²) in [6, 6.07) is 0. The van der Waals surface area contributed by atoms with E-state index in [2.05, 4.69) is 10.3 Å². The topological polar surface area (TPSA) is 33.6 Å². The van der Waals surface area contributed by atoms with Crippen molar-refractivity contribution < 1.29 is 4.74 Å².